The molecule has 0 saturated carbocycles. The highest BCUT2D eigenvalue weighted by molar-refractivity contribution is 6.31. The van der Waals surface area contributed by atoms with Gasteiger partial charge in [-0.15, -0.1) is 0 Å². The Labute approximate surface area is 191 Å². The normalized spacial score (nSPS) is 13.8. The van der Waals surface area contributed by atoms with E-state index in [0.717, 1.165) is 11.3 Å². The lowest BCUT2D eigenvalue weighted by Crippen LogP contribution is -2.51. The van der Waals surface area contributed by atoms with Gasteiger partial charge in [-0.2, -0.15) is 5.10 Å². The number of nitrogens with one attached hydrogen (secondary N) is 1. The zero-order valence-electron chi connectivity index (χ0n) is 18.1. The predicted molar refractivity (Wildman–Crippen MR) is 123 cm³/mol. The number of hydrogen-bond acceptors (Lipinski definition) is 4. The molecule has 1 saturated heterocycles. The van der Waals surface area contributed by atoms with Gasteiger partial charge in [-0.05, 0) is 43.2 Å². The third-order valence-electron chi connectivity index (χ3n) is 5.58. The molecule has 0 spiro atoms. The van der Waals surface area contributed by atoms with Gasteiger partial charge in [-0.1, -0.05) is 30.7 Å². The first kappa shape index (κ1) is 21.8. The van der Waals surface area contributed by atoms with Gasteiger partial charge < -0.3 is 15.1 Å². The molecule has 2 aromatic heterocycles. The number of hydrogen-bond donors (Lipinski definition) is 1. The fourth-order valence-electron chi connectivity index (χ4n) is 3.73. The van der Waals surface area contributed by atoms with Gasteiger partial charge in [0.1, 0.15) is 0 Å². The Hall–Kier alpha value is -3.39. The van der Waals surface area contributed by atoms with Crippen LogP contribution in [0.1, 0.15) is 28.5 Å². The van der Waals surface area contributed by atoms with Crippen molar-refractivity contribution in [1.82, 2.24) is 24.6 Å². The van der Waals surface area contributed by atoms with Gasteiger partial charge in [0.2, 0.25) is 0 Å². The minimum absolute atomic E-state index is 0.0746. The molecule has 0 atom stereocenters. The fourth-order valence-corrected chi connectivity index (χ4v) is 3.91. The molecule has 1 aliphatic rings. The average molecular weight is 453 g/mol. The molecule has 1 N–H and O–H groups in total. The highest BCUT2D eigenvalue weighted by atomic mass is 35.5. The molecule has 0 bridgehead atoms. The summed E-state index contributed by atoms with van der Waals surface area (Å²) in [6.07, 6.45) is 3.96. The number of piperazine rings is 1. The van der Waals surface area contributed by atoms with Crippen molar-refractivity contribution in [2.75, 3.05) is 31.5 Å². The van der Waals surface area contributed by atoms with Crippen LogP contribution in [0.2, 0.25) is 5.02 Å². The number of amides is 3. The van der Waals surface area contributed by atoms with Crippen molar-refractivity contribution in [3.63, 3.8) is 0 Å². The summed E-state index contributed by atoms with van der Waals surface area (Å²) in [5, 5.41) is 7.88. The second kappa shape index (κ2) is 9.40. The minimum atomic E-state index is -0.200. The molecular weight excluding hydrogens is 428 g/mol. The number of anilines is 1. The molecule has 4 rings (SSSR count). The molecule has 3 heterocycles. The first-order valence-corrected chi connectivity index (χ1v) is 11.0. The molecule has 3 amide bonds. The number of urea groups is 1. The summed E-state index contributed by atoms with van der Waals surface area (Å²) < 4.78 is 1.71. The molecule has 3 aromatic rings. The van der Waals surface area contributed by atoms with Gasteiger partial charge in [0.05, 0.1) is 17.5 Å². The maximum atomic E-state index is 13.2. The van der Waals surface area contributed by atoms with E-state index in [1.165, 1.54) is 0 Å². The Morgan fingerprint density at radius 1 is 1.09 bits per heavy atom. The van der Waals surface area contributed by atoms with E-state index in [4.69, 9.17) is 11.6 Å². The van der Waals surface area contributed by atoms with Crippen LogP contribution in [-0.4, -0.2) is 62.7 Å². The summed E-state index contributed by atoms with van der Waals surface area (Å²) in [7, 11) is 0. The molecule has 1 fully saturated rings. The number of halogens is 1. The Balaban J connectivity index is 1.40. The lowest BCUT2D eigenvalue weighted by atomic mass is 10.1. The number of carbonyl (C=O) groups is 2. The van der Waals surface area contributed by atoms with Crippen molar-refractivity contribution in [1.29, 1.82) is 0 Å². The van der Waals surface area contributed by atoms with Gasteiger partial charge in [-0.25, -0.2) is 14.5 Å². The lowest BCUT2D eigenvalue weighted by molar-refractivity contribution is 0.0670. The molecule has 8 nitrogen and oxygen atoms in total. The van der Waals surface area contributed by atoms with Crippen LogP contribution < -0.4 is 5.32 Å². The van der Waals surface area contributed by atoms with Crippen LogP contribution in [0.3, 0.4) is 0 Å². The molecule has 9 heteroatoms. The van der Waals surface area contributed by atoms with Gasteiger partial charge in [-0.3, -0.25) is 4.79 Å². The second-order valence-corrected chi connectivity index (χ2v) is 8.04. The third kappa shape index (κ3) is 4.45. The summed E-state index contributed by atoms with van der Waals surface area (Å²) in [6, 6.07) is 10.8. The SMILES string of the molecule is CCc1c(C(=O)N2CCN(C(=O)Nc3ccc(C)c(Cl)c3)CC2)cnn1-c1ccccn1. The predicted octanol–water partition coefficient (Wildman–Crippen LogP) is 3.78. The van der Waals surface area contributed by atoms with E-state index in [0.29, 0.717) is 54.7 Å². The molecule has 0 unspecified atom stereocenters. The Morgan fingerprint density at radius 3 is 2.50 bits per heavy atom. The van der Waals surface area contributed by atoms with E-state index in [-0.39, 0.29) is 11.9 Å². The molecule has 0 radical (unpaired) electrons. The van der Waals surface area contributed by atoms with E-state index in [1.54, 1.807) is 32.9 Å². The zero-order chi connectivity index (χ0) is 22.7. The lowest BCUT2D eigenvalue weighted by Gasteiger charge is -2.34. The molecule has 1 aromatic carbocycles. The highest BCUT2D eigenvalue weighted by Gasteiger charge is 2.28. The number of nitrogens with zero attached hydrogens (tertiary/aromatic N) is 5. The number of benzene rings is 1. The smallest absolute Gasteiger partial charge is 0.321 e. The first-order chi connectivity index (χ1) is 15.5. The fraction of sp³-hybridized carbons (Fsp3) is 0.304. The number of pyridine rings is 1. The van der Waals surface area contributed by atoms with Crippen molar-refractivity contribution in [2.24, 2.45) is 0 Å². The van der Waals surface area contributed by atoms with Crippen molar-refractivity contribution in [3.05, 3.63) is 70.6 Å². The standard InChI is InChI=1S/C23H25ClN6O2/c1-3-20-18(15-26-30(20)21-6-4-5-9-25-21)22(31)28-10-12-29(13-11-28)23(32)27-17-8-7-16(2)19(24)14-17/h4-9,14-15H,3,10-13H2,1-2H3,(H,27,32). The van der Waals surface area contributed by atoms with Crippen molar-refractivity contribution in [3.8, 4) is 5.82 Å². The van der Waals surface area contributed by atoms with E-state index in [1.807, 2.05) is 44.2 Å². The maximum Gasteiger partial charge on any atom is 0.321 e. The van der Waals surface area contributed by atoms with Crippen LogP contribution in [0.25, 0.3) is 5.82 Å². The van der Waals surface area contributed by atoms with E-state index >= 15 is 0 Å². The van der Waals surface area contributed by atoms with Crippen molar-refractivity contribution < 1.29 is 9.59 Å². The average Bonchev–Trinajstić information content (AvgIpc) is 3.26. The van der Waals surface area contributed by atoms with E-state index in [2.05, 4.69) is 15.4 Å². The quantitative estimate of drug-likeness (QED) is 0.653. The van der Waals surface area contributed by atoms with Gasteiger partial charge >= 0.3 is 6.03 Å². The van der Waals surface area contributed by atoms with Crippen molar-refractivity contribution >= 4 is 29.2 Å². The van der Waals surface area contributed by atoms with Crippen LogP contribution in [0.4, 0.5) is 10.5 Å². The maximum absolute atomic E-state index is 13.2. The Kier molecular flexibility index (Phi) is 6.41. The topological polar surface area (TPSA) is 83.4 Å². The number of carbonyl (C=O) groups excluding carboxylic acids is 2. The molecular formula is C23H25ClN6O2. The molecule has 166 valence electrons. The molecule has 0 aliphatic carbocycles. The van der Waals surface area contributed by atoms with Crippen LogP contribution in [0.5, 0.6) is 0 Å². The van der Waals surface area contributed by atoms with Gasteiger partial charge in [0.25, 0.3) is 5.91 Å². The first-order valence-electron chi connectivity index (χ1n) is 10.6. The van der Waals surface area contributed by atoms with Crippen LogP contribution in [0.15, 0.2) is 48.8 Å². The zero-order valence-corrected chi connectivity index (χ0v) is 18.8. The highest BCUT2D eigenvalue weighted by Crippen LogP contribution is 2.21. The molecule has 1 aliphatic heterocycles. The summed E-state index contributed by atoms with van der Waals surface area (Å²) in [4.78, 5) is 33.6. The molecule has 32 heavy (non-hydrogen) atoms. The monoisotopic (exact) mass is 452 g/mol. The van der Waals surface area contributed by atoms with Crippen LogP contribution in [-0.2, 0) is 6.42 Å². The third-order valence-corrected chi connectivity index (χ3v) is 5.98. The summed E-state index contributed by atoms with van der Waals surface area (Å²) in [5.41, 5.74) is 3.00. The Morgan fingerprint density at radius 2 is 1.84 bits per heavy atom. The van der Waals surface area contributed by atoms with Crippen molar-refractivity contribution in [2.45, 2.75) is 20.3 Å². The minimum Gasteiger partial charge on any atom is -0.335 e. The second-order valence-electron chi connectivity index (χ2n) is 7.63. The van der Waals surface area contributed by atoms with Gasteiger partial charge in [0.15, 0.2) is 5.82 Å². The number of aryl methyl sites for hydroxylation is 1. The number of aromatic nitrogens is 3. The summed E-state index contributed by atoms with van der Waals surface area (Å²) in [6.45, 7) is 5.72. The summed E-state index contributed by atoms with van der Waals surface area (Å²) in [5.74, 6) is 0.607. The van der Waals surface area contributed by atoms with Gasteiger partial charge in [0, 0.05) is 43.1 Å². The van der Waals surface area contributed by atoms with Crippen LogP contribution >= 0.6 is 11.6 Å². The largest absolute Gasteiger partial charge is 0.335 e. The van der Waals surface area contributed by atoms with Crippen LogP contribution in [0, 0.1) is 6.92 Å². The number of rotatable bonds is 4. The summed E-state index contributed by atoms with van der Waals surface area (Å²) >= 11 is 6.14. The Bertz CT molecular complexity index is 1120. The van der Waals surface area contributed by atoms with E-state index < -0.39 is 0 Å². The van der Waals surface area contributed by atoms with E-state index in [9.17, 15) is 9.59 Å².